The maximum absolute atomic E-state index is 13.4. The van der Waals surface area contributed by atoms with Crippen LogP contribution >= 0.6 is 11.6 Å². The zero-order valence-corrected chi connectivity index (χ0v) is 17.2. The summed E-state index contributed by atoms with van der Waals surface area (Å²) in [6.07, 6.45) is 4.80. The van der Waals surface area contributed by atoms with Crippen molar-refractivity contribution in [2.24, 2.45) is 0 Å². The van der Waals surface area contributed by atoms with Gasteiger partial charge in [-0.3, -0.25) is 4.79 Å². The highest BCUT2D eigenvalue weighted by molar-refractivity contribution is 6.35. The number of fused-ring (bicyclic) bond motifs is 2. The van der Waals surface area contributed by atoms with E-state index in [9.17, 15) is 9.18 Å². The number of aromatic amines is 2. The SMILES string of the molecule is O=c1[nH]c(C2CCN(CCc3c[nH]c4cc(F)ccc34)CC2)nc2cccc(Cl)c12. The molecule has 1 fully saturated rings. The van der Waals surface area contributed by atoms with E-state index in [-0.39, 0.29) is 17.3 Å². The van der Waals surface area contributed by atoms with Gasteiger partial charge in [-0.05, 0) is 68.2 Å². The quantitative estimate of drug-likeness (QED) is 0.502. The lowest BCUT2D eigenvalue weighted by Gasteiger charge is -2.31. The molecular formula is C23H22ClFN4O. The molecule has 1 aliphatic rings. The molecule has 0 atom stereocenters. The van der Waals surface area contributed by atoms with Crippen LogP contribution < -0.4 is 5.56 Å². The number of nitrogens with one attached hydrogen (secondary N) is 2. The summed E-state index contributed by atoms with van der Waals surface area (Å²) < 4.78 is 13.4. The Morgan fingerprint density at radius 2 is 2.03 bits per heavy atom. The molecule has 0 bridgehead atoms. The highest BCUT2D eigenvalue weighted by Gasteiger charge is 2.23. The lowest BCUT2D eigenvalue weighted by molar-refractivity contribution is 0.211. The van der Waals surface area contributed by atoms with Crippen LogP contribution in [0, 0.1) is 5.82 Å². The molecule has 5 rings (SSSR count). The van der Waals surface area contributed by atoms with Crippen molar-refractivity contribution in [3.8, 4) is 0 Å². The number of H-pyrrole nitrogens is 2. The number of hydrogen-bond donors (Lipinski definition) is 2. The van der Waals surface area contributed by atoms with Gasteiger partial charge in [0.05, 0.1) is 15.9 Å². The fourth-order valence-electron chi connectivity index (χ4n) is 4.43. The fourth-order valence-corrected chi connectivity index (χ4v) is 4.69. The second-order valence-corrected chi connectivity index (χ2v) is 8.36. The molecule has 0 saturated carbocycles. The van der Waals surface area contributed by atoms with E-state index >= 15 is 0 Å². The van der Waals surface area contributed by atoms with Gasteiger partial charge in [0.25, 0.3) is 5.56 Å². The molecule has 5 nitrogen and oxygen atoms in total. The van der Waals surface area contributed by atoms with Crippen LogP contribution in [-0.4, -0.2) is 39.5 Å². The highest BCUT2D eigenvalue weighted by atomic mass is 35.5. The van der Waals surface area contributed by atoms with E-state index in [1.807, 2.05) is 24.4 Å². The molecule has 2 N–H and O–H groups in total. The molecule has 1 aliphatic heterocycles. The van der Waals surface area contributed by atoms with Crippen LogP contribution in [0.3, 0.4) is 0 Å². The Morgan fingerprint density at radius 3 is 2.87 bits per heavy atom. The van der Waals surface area contributed by atoms with Gasteiger partial charge in [0.1, 0.15) is 11.6 Å². The van der Waals surface area contributed by atoms with Crippen molar-refractivity contribution in [2.45, 2.75) is 25.2 Å². The first-order chi connectivity index (χ1) is 14.6. The fraction of sp³-hybridized carbons (Fsp3) is 0.304. The Balaban J connectivity index is 1.24. The first kappa shape index (κ1) is 19.3. The largest absolute Gasteiger partial charge is 0.361 e. The maximum Gasteiger partial charge on any atom is 0.260 e. The van der Waals surface area contributed by atoms with Gasteiger partial charge in [-0.15, -0.1) is 0 Å². The van der Waals surface area contributed by atoms with Gasteiger partial charge in [0, 0.05) is 29.6 Å². The summed E-state index contributed by atoms with van der Waals surface area (Å²) >= 11 is 6.15. The number of hydrogen-bond acceptors (Lipinski definition) is 3. The van der Waals surface area contributed by atoms with Gasteiger partial charge in [0.15, 0.2) is 0 Å². The number of rotatable bonds is 4. The van der Waals surface area contributed by atoms with Crippen LogP contribution in [-0.2, 0) is 6.42 Å². The normalized spacial score (nSPS) is 15.9. The molecule has 1 saturated heterocycles. The summed E-state index contributed by atoms with van der Waals surface area (Å²) in [4.78, 5) is 25.7. The summed E-state index contributed by atoms with van der Waals surface area (Å²) in [5.74, 6) is 0.780. The lowest BCUT2D eigenvalue weighted by atomic mass is 9.95. The monoisotopic (exact) mass is 424 g/mol. The minimum absolute atomic E-state index is 0.168. The zero-order valence-electron chi connectivity index (χ0n) is 16.4. The second kappa shape index (κ2) is 7.85. The van der Waals surface area contributed by atoms with E-state index in [1.54, 1.807) is 6.07 Å². The summed E-state index contributed by atoms with van der Waals surface area (Å²) in [7, 11) is 0. The number of aromatic nitrogens is 3. The minimum atomic E-state index is -0.222. The van der Waals surface area contributed by atoms with Gasteiger partial charge in [0.2, 0.25) is 0 Å². The molecule has 3 heterocycles. The van der Waals surface area contributed by atoms with Crippen LogP contribution in [0.4, 0.5) is 4.39 Å². The van der Waals surface area contributed by atoms with Crippen LogP contribution in [0.1, 0.15) is 30.1 Å². The molecule has 0 radical (unpaired) electrons. The molecular weight excluding hydrogens is 403 g/mol. The Labute approximate surface area is 177 Å². The van der Waals surface area contributed by atoms with Crippen molar-refractivity contribution in [2.75, 3.05) is 19.6 Å². The number of nitrogens with zero attached hydrogens (tertiary/aromatic N) is 2. The first-order valence-electron chi connectivity index (χ1n) is 10.2. The van der Waals surface area contributed by atoms with Crippen LogP contribution in [0.15, 0.2) is 47.4 Å². The molecule has 0 amide bonds. The van der Waals surface area contributed by atoms with Gasteiger partial charge >= 0.3 is 0 Å². The molecule has 7 heteroatoms. The predicted octanol–water partition coefficient (Wildman–Crippen LogP) is 4.62. The van der Waals surface area contributed by atoms with E-state index in [4.69, 9.17) is 11.6 Å². The van der Waals surface area contributed by atoms with Crippen LogP contribution in [0.25, 0.3) is 21.8 Å². The molecule has 2 aromatic carbocycles. The molecule has 0 aliphatic carbocycles. The maximum atomic E-state index is 13.4. The van der Waals surface area contributed by atoms with Gasteiger partial charge in [-0.2, -0.15) is 0 Å². The summed E-state index contributed by atoms with van der Waals surface area (Å²) in [6, 6.07) is 10.3. The van der Waals surface area contributed by atoms with E-state index in [0.29, 0.717) is 15.9 Å². The average Bonchev–Trinajstić information content (AvgIpc) is 3.14. The van der Waals surface area contributed by atoms with Crippen molar-refractivity contribution in [1.29, 1.82) is 0 Å². The number of piperidine rings is 1. The Kier molecular flexibility index (Phi) is 5.05. The van der Waals surface area contributed by atoms with Gasteiger partial charge in [-0.25, -0.2) is 9.37 Å². The summed E-state index contributed by atoms with van der Waals surface area (Å²) in [5, 5.41) is 1.98. The Morgan fingerprint density at radius 1 is 1.20 bits per heavy atom. The number of benzene rings is 2. The van der Waals surface area contributed by atoms with E-state index < -0.39 is 0 Å². The molecule has 30 heavy (non-hydrogen) atoms. The smallest absolute Gasteiger partial charge is 0.260 e. The van der Waals surface area contributed by atoms with Gasteiger partial charge in [-0.1, -0.05) is 17.7 Å². The Hall–Kier alpha value is -2.70. The second-order valence-electron chi connectivity index (χ2n) is 7.95. The molecule has 4 aromatic rings. The zero-order chi connectivity index (χ0) is 20.7. The number of likely N-dealkylation sites (tertiary alicyclic amines) is 1. The average molecular weight is 425 g/mol. The third kappa shape index (κ3) is 3.61. The van der Waals surface area contributed by atoms with Crippen molar-refractivity contribution in [1.82, 2.24) is 19.9 Å². The third-order valence-corrected chi connectivity index (χ3v) is 6.42. The summed E-state index contributed by atoms with van der Waals surface area (Å²) in [5.41, 5.74) is 2.54. The van der Waals surface area contributed by atoms with Crippen molar-refractivity contribution >= 4 is 33.4 Å². The highest BCUT2D eigenvalue weighted by Crippen LogP contribution is 2.27. The van der Waals surface area contributed by atoms with E-state index in [1.165, 1.54) is 17.7 Å². The first-order valence-corrected chi connectivity index (χ1v) is 10.6. The summed E-state index contributed by atoms with van der Waals surface area (Å²) in [6.45, 7) is 2.87. The predicted molar refractivity (Wildman–Crippen MR) is 118 cm³/mol. The van der Waals surface area contributed by atoms with E-state index in [2.05, 4.69) is 19.9 Å². The molecule has 0 spiro atoms. The van der Waals surface area contributed by atoms with Crippen LogP contribution in [0.5, 0.6) is 0 Å². The molecule has 154 valence electrons. The number of halogens is 2. The Bertz CT molecular complexity index is 1270. The molecule has 2 aromatic heterocycles. The van der Waals surface area contributed by atoms with Crippen molar-refractivity contribution in [3.63, 3.8) is 0 Å². The minimum Gasteiger partial charge on any atom is -0.361 e. The van der Waals surface area contributed by atoms with E-state index in [0.717, 1.165) is 55.6 Å². The van der Waals surface area contributed by atoms with Crippen molar-refractivity contribution < 1.29 is 4.39 Å². The van der Waals surface area contributed by atoms with Crippen LogP contribution in [0.2, 0.25) is 5.02 Å². The molecule has 0 unspecified atom stereocenters. The van der Waals surface area contributed by atoms with Crippen molar-refractivity contribution in [3.05, 3.63) is 75.2 Å². The lowest BCUT2D eigenvalue weighted by Crippen LogP contribution is -2.35. The standard InChI is InChI=1S/C23H22ClFN4O/c24-18-2-1-3-19-21(18)23(30)28-22(27-19)14-6-9-29(10-7-14)11-8-15-13-26-20-12-16(25)4-5-17(15)20/h1-5,12-14,26H,6-11H2,(H,27,28,30). The topological polar surface area (TPSA) is 64.8 Å². The van der Waals surface area contributed by atoms with Gasteiger partial charge < -0.3 is 14.9 Å². The third-order valence-electron chi connectivity index (χ3n) is 6.10.